The summed E-state index contributed by atoms with van der Waals surface area (Å²) < 4.78 is 27.0. The minimum Gasteiger partial charge on any atom is -0.504 e. The second-order valence-corrected chi connectivity index (χ2v) is 9.28. The molecule has 37 heavy (non-hydrogen) atoms. The van der Waals surface area contributed by atoms with Gasteiger partial charge in [0.1, 0.15) is 18.3 Å². The predicted octanol–water partition coefficient (Wildman–Crippen LogP) is 0.681. The van der Waals surface area contributed by atoms with Gasteiger partial charge in [0.2, 0.25) is 6.29 Å². The van der Waals surface area contributed by atoms with Crippen molar-refractivity contribution in [2.75, 3.05) is 20.8 Å². The number of rotatable bonds is 8. The van der Waals surface area contributed by atoms with E-state index in [4.69, 9.17) is 23.7 Å². The molecule has 11 nitrogen and oxygen atoms in total. The van der Waals surface area contributed by atoms with Gasteiger partial charge in [-0.25, -0.2) is 0 Å². The van der Waals surface area contributed by atoms with Crippen molar-refractivity contribution in [3.63, 3.8) is 0 Å². The Morgan fingerprint density at radius 1 is 0.973 bits per heavy atom. The van der Waals surface area contributed by atoms with Crippen LogP contribution >= 0.6 is 0 Å². The SMILES string of the molecule is COc1cc(C[C@H]2COC(=O)[C@@H]2[C@@H](O)c2ccc(O[C@@H]3O[C@@H](C)[C@H](O)[C@@H](O)[C@H]3O)c(OC)c2)ccc1O. The van der Waals surface area contributed by atoms with Crippen LogP contribution in [0.4, 0.5) is 0 Å². The molecule has 0 unspecified atom stereocenters. The zero-order valence-corrected chi connectivity index (χ0v) is 20.7. The van der Waals surface area contributed by atoms with Crippen molar-refractivity contribution in [1.29, 1.82) is 0 Å². The first kappa shape index (κ1) is 27.0. The molecule has 0 bridgehead atoms. The van der Waals surface area contributed by atoms with Crippen LogP contribution in [0.1, 0.15) is 24.2 Å². The first-order valence-electron chi connectivity index (χ1n) is 11.9. The summed E-state index contributed by atoms with van der Waals surface area (Å²) in [4.78, 5) is 12.6. The number of ether oxygens (including phenoxy) is 5. The number of cyclic esters (lactones) is 1. The third kappa shape index (κ3) is 5.46. The van der Waals surface area contributed by atoms with Gasteiger partial charge < -0.3 is 49.2 Å². The summed E-state index contributed by atoms with van der Waals surface area (Å²) in [5.74, 6) is -1.03. The van der Waals surface area contributed by atoms with Crippen LogP contribution in [0.3, 0.4) is 0 Å². The van der Waals surface area contributed by atoms with Crippen molar-refractivity contribution in [2.45, 2.75) is 50.2 Å². The summed E-state index contributed by atoms with van der Waals surface area (Å²) in [7, 11) is 2.84. The van der Waals surface area contributed by atoms with E-state index in [1.807, 2.05) is 0 Å². The average molecular weight is 521 g/mol. The molecular weight excluding hydrogens is 488 g/mol. The summed E-state index contributed by atoms with van der Waals surface area (Å²) in [6.45, 7) is 1.67. The van der Waals surface area contributed by atoms with Crippen LogP contribution in [0.15, 0.2) is 36.4 Å². The van der Waals surface area contributed by atoms with Crippen LogP contribution in [0.25, 0.3) is 0 Å². The number of aromatic hydroxyl groups is 1. The summed E-state index contributed by atoms with van der Waals surface area (Å²) in [6, 6.07) is 9.46. The molecule has 2 fully saturated rings. The first-order valence-corrected chi connectivity index (χ1v) is 11.9. The smallest absolute Gasteiger partial charge is 0.312 e. The standard InChI is InChI=1S/C26H32O11/c1-12-21(28)23(30)24(31)26(36-12)37-17-7-5-14(10-19(17)34-3)22(29)20-15(11-35-25(20)32)8-13-4-6-16(27)18(9-13)33-2/h4-7,9-10,12,15,20-24,26-31H,8,11H2,1-3H3/t12-,15-,20-,21-,22-,23+,24+,26-/m0/s1. The average Bonchev–Trinajstić information content (AvgIpc) is 3.26. The fourth-order valence-electron chi connectivity index (χ4n) is 4.71. The van der Waals surface area contributed by atoms with Gasteiger partial charge in [0, 0.05) is 5.92 Å². The Kier molecular flexibility index (Phi) is 8.10. The van der Waals surface area contributed by atoms with Crippen molar-refractivity contribution in [2.24, 2.45) is 11.8 Å². The lowest BCUT2D eigenvalue weighted by Crippen LogP contribution is -2.58. The number of methoxy groups -OCH3 is 2. The number of aliphatic hydroxyl groups is 4. The van der Waals surface area contributed by atoms with E-state index in [-0.39, 0.29) is 29.8 Å². The Bertz CT molecular complexity index is 1110. The van der Waals surface area contributed by atoms with Crippen LogP contribution in [-0.4, -0.2) is 83.0 Å². The minimum atomic E-state index is -1.51. The Morgan fingerprint density at radius 2 is 1.70 bits per heavy atom. The van der Waals surface area contributed by atoms with Gasteiger partial charge in [-0.15, -0.1) is 0 Å². The molecule has 0 aromatic heterocycles. The maximum atomic E-state index is 12.6. The van der Waals surface area contributed by atoms with Crippen molar-refractivity contribution in [3.05, 3.63) is 47.5 Å². The van der Waals surface area contributed by atoms with Crippen molar-refractivity contribution in [3.8, 4) is 23.0 Å². The van der Waals surface area contributed by atoms with Crippen LogP contribution < -0.4 is 14.2 Å². The number of phenols is 1. The number of hydrogen-bond acceptors (Lipinski definition) is 11. The lowest BCUT2D eigenvalue weighted by Gasteiger charge is -2.39. The first-order chi connectivity index (χ1) is 17.6. The van der Waals surface area contributed by atoms with Gasteiger partial charge >= 0.3 is 5.97 Å². The topological polar surface area (TPSA) is 164 Å². The second-order valence-electron chi connectivity index (χ2n) is 9.28. The van der Waals surface area contributed by atoms with Crippen LogP contribution in [0.2, 0.25) is 0 Å². The molecule has 0 spiro atoms. The third-order valence-electron chi connectivity index (χ3n) is 6.88. The molecule has 5 N–H and O–H groups in total. The molecule has 4 rings (SSSR count). The van der Waals surface area contributed by atoms with Gasteiger partial charge in [-0.1, -0.05) is 12.1 Å². The summed E-state index contributed by atoms with van der Waals surface area (Å²) >= 11 is 0. The highest BCUT2D eigenvalue weighted by molar-refractivity contribution is 5.76. The zero-order chi connectivity index (χ0) is 26.9. The summed E-state index contributed by atoms with van der Waals surface area (Å²) in [5.41, 5.74) is 1.19. The van der Waals surface area contributed by atoms with Crippen LogP contribution in [0.5, 0.6) is 23.0 Å². The normalized spacial score (nSPS) is 30.5. The van der Waals surface area contributed by atoms with Crippen LogP contribution in [0, 0.1) is 11.8 Å². The number of aliphatic hydroxyl groups excluding tert-OH is 4. The van der Waals surface area contributed by atoms with Gasteiger partial charge in [0.05, 0.1) is 39.0 Å². The molecule has 0 saturated carbocycles. The van der Waals surface area contributed by atoms with Crippen molar-refractivity contribution in [1.82, 2.24) is 0 Å². The highest BCUT2D eigenvalue weighted by Gasteiger charge is 2.44. The van der Waals surface area contributed by atoms with Gasteiger partial charge in [-0.2, -0.15) is 0 Å². The minimum absolute atomic E-state index is 0.00211. The quantitative estimate of drug-likeness (QED) is 0.311. The number of benzene rings is 2. The predicted molar refractivity (Wildman–Crippen MR) is 127 cm³/mol. The Balaban J connectivity index is 1.52. The van der Waals surface area contributed by atoms with Crippen molar-refractivity contribution < 1.29 is 54.0 Å². The van der Waals surface area contributed by atoms with E-state index in [2.05, 4.69) is 0 Å². The third-order valence-corrected chi connectivity index (χ3v) is 6.88. The molecule has 2 aromatic carbocycles. The monoisotopic (exact) mass is 520 g/mol. The molecule has 0 radical (unpaired) electrons. The fourth-order valence-corrected chi connectivity index (χ4v) is 4.71. The van der Waals surface area contributed by atoms with Crippen molar-refractivity contribution >= 4 is 5.97 Å². The Labute approximate surface area is 213 Å². The number of hydrogen-bond donors (Lipinski definition) is 5. The number of carbonyl (C=O) groups is 1. The lowest BCUT2D eigenvalue weighted by atomic mass is 9.83. The molecule has 2 aromatic rings. The largest absolute Gasteiger partial charge is 0.504 e. The number of carbonyl (C=O) groups excluding carboxylic acids is 1. The molecule has 2 aliphatic rings. The number of phenolic OH excluding ortho intramolecular Hbond substituents is 1. The van der Waals surface area contributed by atoms with E-state index < -0.39 is 48.7 Å². The highest BCUT2D eigenvalue weighted by Crippen LogP contribution is 2.40. The molecule has 11 heteroatoms. The van der Waals surface area contributed by atoms with Gasteiger partial charge in [0.25, 0.3) is 0 Å². The van der Waals surface area contributed by atoms with E-state index >= 15 is 0 Å². The van der Waals surface area contributed by atoms with E-state index in [0.29, 0.717) is 17.7 Å². The number of esters is 1. The molecular formula is C26H32O11. The lowest BCUT2D eigenvalue weighted by molar-refractivity contribution is -0.268. The molecule has 2 heterocycles. The molecule has 8 atom stereocenters. The molecule has 202 valence electrons. The second kappa shape index (κ2) is 11.1. The van der Waals surface area contributed by atoms with E-state index in [1.165, 1.54) is 39.3 Å². The zero-order valence-electron chi connectivity index (χ0n) is 20.7. The van der Waals surface area contributed by atoms with Gasteiger partial charge in [-0.05, 0) is 48.7 Å². The summed E-state index contributed by atoms with van der Waals surface area (Å²) in [5, 5.41) is 51.2. The maximum Gasteiger partial charge on any atom is 0.312 e. The molecule has 0 aliphatic carbocycles. The maximum absolute atomic E-state index is 12.6. The highest BCUT2D eigenvalue weighted by atomic mass is 16.7. The summed E-state index contributed by atoms with van der Waals surface area (Å²) in [6.07, 6.45) is -7.09. The van der Waals surface area contributed by atoms with Crippen LogP contribution in [-0.2, 0) is 20.7 Å². The molecule has 2 aliphatic heterocycles. The van der Waals surface area contributed by atoms with E-state index in [0.717, 1.165) is 5.56 Å². The fraction of sp³-hybridized carbons (Fsp3) is 0.500. The Morgan fingerprint density at radius 3 is 2.41 bits per heavy atom. The Hall–Kier alpha value is -3.09. The van der Waals surface area contributed by atoms with Gasteiger partial charge in [-0.3, -0.25) is 4.79 Å². The molecule has 2 saturated heterocycles. The van der Waals surface area contributed by atoms with E-state index in [9.17, 15) is 30.3 Å². The van der Waals surface area contributed by atoms with E-state index in [1.54, 1.807) is 18.2 Å². The molecule has 0 amide bonds. The van der Waals surface area contributed by atoms with Gasteiger partial charge in [0.15, 0.2) is 23.0 Å².